The van der Waals surface area contributed by atoms with E-state index in [9.17, 15) is 0 Å². The molecule has 14 heavy (non-hydrogen) atoms. The summed E-state index contributed by atoms with van der Waals surface area (Å²) in [6.45, 7) is 2.06. The Bertz CT molecular complexity index is 328. The summed E-state index contributed by atoms with van der Waals surface area (Å²) in [6, 6.07) is 8.49. The molecule has 0 aromatic heterocycles. The maximum absolute atomic E-state index is 2.29. The second kappa shape index (κ2) is 3.37. The normalized spacial score (nSPS) is 16.8. The van der Waals surface area contributed by atoms with Crippen LogP contribution in [-0.4, -0.2) is 20.3 Å². The highest BCUT2D eigenvalue weighted by Gasteiger charge is 2.27. The molecule has 0 unspecified atom stereocenters. The average molecular weight is 188 g/mol. The highest BCUT2D eigenvalue weighted by molar-refractivity contribution is 5.77. The molecule has 1 aromatic rings. The zero-order chi connectivity index (χ0) is 10.1. The number of allylic oxidation sites excluding steroid dienone is 1. The fourth-order valence-corrected chi connectivity index (χ4v) is 2.04. The van der Waals surface area contributed by atoms with E-state index in [0.29, 0.717) is 6.17 Å². The van der Waals surface area contributed by atoms with Gasteiger partial charge in [0.05, 0.1) is 11.4 Å². The zero-order valence-corrected chi connectivity index (χ0v) is 8.94. The molecule has 0 radical (unpaired) electrons. The molecule has 0 bridgehead atoms. The van der Waals surface area contributed by atoms with Crippen LogP contribution in [0.1, 0.15) is 6.92 Å². The van der Waals surface area contributed by atoms with Gasteiger partial charge in [0, 0.05) is 14.1 Å². The van der Waals surface area contributed by atoms with Crippen LogP contribution in [0.15, 0.2) is 36.4 Å². The van der Waals surface area contributed by atoms with Gasteiger partial charge in [-0.05, 0) is 25.1 Å². The molecule has 0 atom stereocenters. The van der Waals surface area contributed by atoms with Crippen molar-refractivity contribution in [2.45, 2.75) is 13.1 Å². The second-order valence-electron chi connectivity index (χ2n) is 3.65. The third-order valence-electron chi connectivity index (χ3n) is 2.80. The largest absolute Gasteiger partial charge is 0.349 e. The molecule has 0 spiro atoms. The molecule has 0 aliphatic carbocycles. The number of anilines is 2. The first-order chi connectivity index (χ1) is 6.75. The van der Waals surface area contributed by atoms with Crippen molar-refractivity contribution in [2.24, 2.45) is 0 Å². The van der Waals surface area contributed by atoms with Crippen molar-refractivity contribution < 1.29 is 0 Å². The maximum Gasteiger partial charge on any atom is 0.120 e. The number of hydrogen-bond acceptors (Lipinski definition) is 2. The first-order valence-corrected chi connectivity index (χ1v) is 4.93. The van der Waals surface area contributed by atoms with Gasteiger partial charge in [0.2, 0.25) is 0 Å². The smallest absolute Gasteiger partial charge is 0.120 e. The molecular formula is C12H16N2. The first-order valence-electron chi connectivity index (χ1n) is 4.93. The van der Waals surface area contributed by atoms with E-state index >= 15 is 0 Å². The van der Waals surface area contributed by atoms with Gasteiger partial charge in [0.1, 0.15) is 6.17 Å². The summed E-state index contributed by atoms with van der Waals surface area (Å²) < 4.78 is 0. The molecule has 0 saturated heterocycles. The van der Waals surface area contributed by atoms with Gasteiger partial charge in [-0.1, -0.05) is 18.2 Å². The van der Waals surface area contributed by atoms with E-state index in [4.69, 9.17) is 0 Å². The Morgan fingerprint density at radius 1 is 1.07 bits per heavy atom. The topological polar surface area (TPSA) is 6.48 Å². The van der Waals surface area contributed by atoms with Crippen LogP contribution in [0, 0.1) is 0 Å². The van der Waals surface area contributed by atoms with E-state index in [2.05, 4.69) is 67.2 Å². The lowest BCUT2D eigenvalue weighted by Gasteiger charge is -2.24. The standard InChI is InChI=1S/C12H16N2/c1-4-7-12-13(2)10-8-5-6-9-11(10)14(12)3/h4-9,12H,1-3H3/b7-4+. The monoisotopic (exact) mass is 188 g/mol. The summed E-state index contributed by atoms with van der Waals surface area (Å²) in [5.41, 5.74) is 2.61. The molecule has 2 heteroatoms. The number of para-hydroxylation sites is 2. The van der Waals surface area contributed by atoms with Gasteiger partial charge < -0.3 is 9.80 Å². The molecule has 0 amide bonds. The van der Waals surface area contributed by atoms with Crippen LogP contribution in [-0.2, 0) is 0 Å². The molecule has 1 aliphatic heterocycles. The van der Waals surface area contributed by atoms with Crippen LogP contribution < -0.4 is 9.80 Å². The molecule has 74 valence electrons. The van der Waals surface area contributed by atoms with Crippen molar-refractivity contribution in [2.75, 3.05) is 23.9 Å². The molecule has 0 fully saturated rings. The van der Waals surface area contributed by atoms with E-state index in [1.807, 2.05) is 0 Å². The van der Waals surface area contributed by atoms with Crippen LogP contribution in [0.3, 0.4) is 0 Å². The number of likely N-dealkylation sites (N-methyl/N-ethyl adjacent to an activating group) is 2. The Morgan fingerprint density at radius 3 is 2.00 bits per heavy atom. The van der Waals surface area contributed by atoms with Crippen molar-refractivity contribution in [3.05, 3.63) is 36.4 Å². The molecule has 1 aliphatic rings. The first kappa shape index (κ1) is 9.13. The Labute approximate surface area is 85.4 Å². The number of fused-ring (bicyclic) bond motifs is 1. The van der Waals surface area contributed by atoms with E-state index in [0.717, 1.165) is 0 Å². The summed E-state index contributed by atoms with van der Waals surface area (Å²) in [5, 5.41) is 0. The van der Waals surface area contributed by atoms with Crippen molar-refractivity contribution >= 4 is 11.4 Å². The summed E-state index contributed by atoms with van der Waals surface area (Å²) in [7, 11) is 4.26. The Balaban J connectivity index is 2.42. The van der Waals surface area contributed by atoms with E-state index < -0.39 is 0 Å². The van der Waals surface area contributed by atoms with Gasteiger partial charge in [0.25, 0.3) is 0 Å². The summed E-state index contributed by atoms with van der Waals surface area (Å²) in [6.07, 6.45) is 4.67. The highest BCUT2D eigenvalue weighted by atomic mass is 15.4. The molecule has 1 heterocycles. The lowest BCUT2D eigenvalue weighted by molar-refractivity contribution is 0.773. The van der Waals surface area contributed by atoms with Gasteiger partial charge in [-0.25, -0.2) is 0 Å². The van der Waals surface area contributed by atoms with E-state index in [1.54, 1.807) is 0 Å². The van der Waals surface area contributed by atoms with Gasteiger partial charge in [-0.2, -0.15) is 0 Å². The van der Waals surface area contributed by atoms with Crippen molar-refractivity contribution in [1.82, 2.24) is 0 Å². The number of hydrogen-bond donors (Lipinski definition) is 0. The average Bonchev–Trinajstić information content (AvgIpc) is 2.45. The highest BCUT2D eigenvalue weighted by Crippen LogP contribution is 2.37. The third kappa shape index (κ3) is 1.18. The lowest BCUT2D eigenvalue weighted by atomic mass is 10.3. The Morgan fingerprint density at radius 2 is 1.57 bits per heavy atom. The summed E-state index contributed by atoms with van der Waals surface area (Å²) in [4.78, 5) is 4.57. The molecule has 1 aromatic carbocycles. The van der Waals surface area contributed by atoms with Crippen molar-refractivity contribution in [1.29, 1.82) is 0 Å². The fourth-order valence-electron chi connectivity index (χ4n) is 2.04. The van der Waals surface area contributed by atoms with Crippen LogP contribution in [0.25, 0.3) is 0 Å². The molecule has 0 saturated carbocycles. The molecule has 2 rings (SSSR count). The zero-order valence-electron chi connectivity index (χ0n) is 8.94. The maximum atomic E-state index is 2.29. The van der Waals surface area contributed by atoms with Crippen LogP contribution in [0.2, 0.25) is 0 Å². The number of nitrogens with zero attached hydrogens (tertiary/aromatic N) is 2. The van der Waals surface area contributed by atoms with Gasteiger partial charge in [0.15, 0.2) is 0 Å². The summed E-state index contributed by atoms with van der Waals surface area (Å²) >= 11 is 0. The third-order valence-corrected chi connectivity index (χ3v) is 2.80. The molecular weight excluding hydrogens is 172 g/mol. The van der Waals surface area contributed by atoms with Crippen molar-refractivity contribution in [3.63, 3.8) is 0 Å². The predicted molar refractivity (Wildman–Crippen MR) is 61.9 cm³/mol. The summed E-state index contributed by atoms with van der Waals surface area (Å²) in [5.74, 6) is 0. The van der Waals surface area contributed by atoms with Gasteiger partial charge >= 0.3 is 0 Å². The minimum absolute atomic E-state index is 0.359. The molecule has 2 nitrogen and oxygen atoms in total. The minimum Gasteiger partial charge on any atom is -0.349 e. The SMILES string of the molecule is C/C=C/C1N(C)c2ccccc2N1C. The Hall–Kier alpha value is -1.44. The predicted octanol–water partition coefficient (Wildman–Crippen LogP) is 2.47. The molecule has 0 N–H and O–H groups in total. The van der Waals surface area contributed by atoms with Crippen LogP contribution >= 0.6 is 0 Å². The Kier molecular flexibility index (Phi) is 2.20. The number of benzene rings is 1. The van der Waals surface area contributed by atoms with Crippen LogP contribution in [0.5, 0.6) is 0 Å². The van der Waals surface area contributed by atoms with E-state index in [1.165, 1.54) is 11.4 Å². The minimum atomic E-state index is 0.359. The van der Waals surface area contributed by atoms with Crippen LogP contribution in [0.4, 0.5) is 11.4 Å². The van der Waals surface area contributed by atoms with Crippen molar-refractivity contribution in [3.8, 4) is 0 Å². The lowest BCUT2D eigenvalue weighted by Crippen LogP contribution is -2.37. The quantitative estimate of drug-likeness (QED) is 0.625. The second-order valence-corrected chi connectivity index (χ2v) is 3.65. The number of rotatable bonds is 1. The van der Waals surface area contributed by atoms with E-state index in [-0.39, 0.29) is 0 Å². The fraction of sp³-hybridized carbons (Fsp3) is 0.333. The van der Waals surface area contributed by atoms with Gasteiger partial charge in [-0.3, -0.25) is 0 Å². The van der Waals surface area contributed by atoms with Gasteiger partial charge in [-0.15, -0.1) is 0 Å².